The van der Waals surface area contributed by atoms with Gasteiger partial charge in [-0.15, -0.1) is 0 Å². The fourth-order valence-electron chi connectivity index (χ4n) is 3.60. The second-order valence-corrected chi connectivity index (χ2v) is 7.10. The molecule has 0 spiro atoms. The van der Waals surface area contributed by atoms with Crippen molar-refractivity contribution < 1.29 is 19.1 Å². The Morgan fingerprint density at radius 2 is 1.90 bits per heavy atom. The van der Waals surface area contributed by atoms with Gasteiger partial charge in [-0.3, -0.25) is 14.8 Å². The Kier molecular flexibility index (Phi) is 5.18. The lowest BCUT2D eigenvalue weighted by Gasteiger charge is -2.39. The molecule has 0 unspecified atom stereocenters. The molecule has 0 fully saturated rings. The van der Waals surface area contributed by atoms with Crippen LogP contribution in [0.4, 0.5) is 0 Å². The molecule has 1 N–H and O–H groups in total. The van der Waals surface area contributed by atoms with Gasteiger partial charge in [0.1, 0.15) is 22.7 Å². The molecule has 7 nitrogen and oxygen atoms in total. The van der Waals surface area contributed by atoms with Gasteiger partial charge in [-0.05, 0) is 36.8 Å². The lowest BCUT2D eigenvalue weighted by molar-refractivity contribution is 0.0599. The number of benzene rings is 1. The van der Waals surface area contributed by atoms with E-state index in [0.717, 1.165) is 11.1 Å². The number of hydrogen-bond donors (Lipinski definition) is 1. The summed E-state index contributed by atoms with van der Waals surface area (Å²) < 4.78 is 10.5. The minimum absolute atomic E-state index is 0.193. The summed E-state index contributed by atoms with van der Waals surface area (Å²) in [5, 5.41) is 3.14. The summed E-state index contributed by atoms with van der Waals surface area (Å²) in [7, 11) is 1.30. The Hall–Kier alpha value is -3.74. The third kappa shape index (κ3) is 3.50. The number of aryl methyl sites for hydroxylation is 1. The van der Waals surface area contributed by atoms with E-state index in [1.807, 2.05) is 37.3 Å². The first kappa shape index (κ1) is 19.6. The van der Waals surface area contributed by atoms with Gasteiger partial charge in [0.15, 0.2) is 0 Å². The molecule has 0 saturated carbocycles. The van der Waals surface area contributed by atoms with Crippen LogP contribution < -0.4 is 10.1 Å². The molecule has 3 aromatic rings. The molecule has 152 valence electrons. The van der Waals surface area contributed by atoms with E-state index in [-0.39, 0.29) is 17.2 Å². The highest BCUT2D eigenvalue weighted by Gasteiger charge is 2.42. The quantitative estimate of drug-likeness (QED) is 0.674. The van der Waals surface area contributed by atoms with E-state index in [9.17, 15) is 9.59 Å². The number of esters is 1. The number of nitrogens with zero attached hydrogens (tertiary/aromatic N) is 2. The molecule has 7 heteroatoms. The number of hydrogen-bond acceptors (Lipinski definition) is 6. The number of carbonyl (C=O) groups is 2. The zero-order valence-corrected chi connectivity index (χ0v) is 16.7. The monoisotopic (exact) mass is 403 g/mol. The van der Waals surface area contributed by atoms with Crippen molar-refractivity contribution in [1.82, 2.24) is 15.3 Å². The van der Waals surface area contributed by atoms with Crippen molar-refractivity contribution in [1.29, 1.82) is 0 Å². The van der Waals surface area contributed by atoms with Crippen LogP contribution in [0.5, 0.6) is 5.75 Å². The van der Waals surface area contributed by atoms with E-state index >= 15 is 0 Å². The number of rotatable bonds is 4. The Morgan fingerprint density at radius 1 is 1.10 bits per heavy atom. The molecule has 0 bridgehead atoms. The minimum Gasteiger partial charge on any atom is -0.491 e. The van der Waals surface area contributed by atoms with Gasteiger partial charge in [-0.1, -0.05) is 29.8 Å². The van der Waals surface area contributed by atoms with Crippen LogP contribution in [0.25, 0.3) is 0 Å². The molecule has 4 rings (SSSR count). The maximum Gasteiger partial charge on any atom is 0.339 e. The van der Waals surface area contributed by atoms with Gasteiger partial charge in [0.05, 0.1) is 19.3 Å². The maximum atomic E-state index is 13.2. The van der Waals surface area contributed by atoms with Crippen LogP contribution in [-0.4, -0.2) is 35.6 Å². The van der Waals surface area contributed by atoms with Crippen molar-refractivity contribution in [3.63, 3.8) is 0 Å². The number of ether oxygens (including phenoxy) is 2. The van der Waals surface area contributed by atoms with Gasteiger partial charge in [0.2, 0.25) is 0 Å². The number of amides is 1. The van der Waals surface area contributed by atoms with E-state index < -0.39 is 11.5 Å². The molecule has 0 radical (unpaired) electrons. The van der Waals surface area contributed by atoms with Crippen LogP contribution in [0.3, 0.4) is 0 Å². The number of methoxy groups -OCH3 is 1. The van der Waals surface area contributed by atoms with Crippen LogP contribution >= 0.6 is 0 Å². The van der Waals surface area contributed by atoms with Gasteiger partial charge in [0.25, 0.3) is 5.91 Å². The Morgan fingerprint density at radius 3 is 2.60 bits per heavy atom. The van der Waals surface area contributed by atoms with Crippen LogP contribution in [0.1, 0.15) is 44.1 Å². The number of nitrogens with one attached hydrogen (secondary N) is 1. The third-order valence-corrected chi connectivity index (χ3v) is 5.20. The Labute approximate surface area is 174 Å². The molecular weight excluding hydrogens is 382 g/mol. The molecule has 1 amide bonds. The highest BCUT2D eigenvalue weighted by Crippen LogP contribution is 2.40. The highest BCUT2D eigenvalue weighted by atomic mass is 16.5. The summed E-state index contributed by atoms with van der Waals surface area (Å²) in [6, 6.07) is 14.7. The molecule has 1 aliphatic heterocycles. The van der Waals surface area contributed by atoms with Gasteiger partial charge < -0.3 is 14.8 Å². The smallest absolute Gasteiger partial charge is 0.339 e. The number of pyridine rings is 2. The summed E-state index contributed by atoms with van der Waals surface area (Å²) in [4.78, 5) is 33.5. The Balaban J connectivity index is 1.74. The highest BCUT2D eigenvalue weighted by molar-refractivity contribution is 5.95. The van der Waals surface area contributed by atoms with E-state index in [4.69, 9.17) is 4.74 Å². The summed E-state index contributed by atoms with van der Waals surface area (Å²) in [6.07, 6.45) is 3.54. The van der Waals surface area contributed by atoms with Crippen molar-refractivity contribution in [2.24, 2.45) is 0 Å². The predicted octanol–water partition coefficient (Wildman–Crippen LogP) is 3.03. The van der Waals surface area contributed by atoms with E-state index in [0.29, 0.717) is 24.5 Å². The summed E-state index contributed by atoms with van der Waals surface area (Å²) in [6.45, 7) is 2.44. The molecule has 0 aliphatic carbocycles. The SMILES string of the molecule is COC(=O)c1ccc(C(=O)N[C@]2(c3ccc(C)cc3)CCOc3cccnc32)nc1. The van der Waals surface area contributed by atoms with Crippen molar-refractivity contribution in [3.8, 4) is 5.75 Å². The van der Waals surface area contributed by atoms with Gasteiger partial charge in [-0.25, -0.2) is 4.79 Å². The maximum absolute atomic E-state index is 13.2. The van der Waals surface area contributed by atoms with Gasteiger partial charge in [-0.2, -0.15) is 0 Å². The first-order valence-corrected chi connectivity index (χ1v) is 9.56. The fraction of sp³-hybridized carbons (Fsp3) is 0.217. The summed E-state index contributed by atoms with van der Waals surface area (Å²) in [5.74, 6) is -0.239. The largest absolute Gasteiger partial charge is 0.491 e. The molecule has 30 heavy (non-hydrogen) atoms. The molecular formula is C23H21N3O4. The lowest BCUT2D eigenvalue weighted by Crippen LogP contribution is -2.50. The van der Waals surface area contributed by atoms with Crippen LogP contribution in [-0.2, 0) is 10.3 Å². The van der Waals surface area contributed by atoms with Crippen molar-refractivity contribution in [3.05, 3.63) is 89.0 Å². The van der Waals surface area contributed by atoms with E-state index in [2.05, 4.69) is 20.0 Å². The normalized spacial score (nSPS) is 17.4. The van der Waals surface area contributed by atoms with Gasteiger partial charge in [0, 0.05) is 18.8 Å². The topological polar surface area (TPSA) is 90.4 Å². The molecule has 0 saturated heterocycles. The molecule has 1 atom stereocenters. The molecule has 1 aliphatic rings. The van der Waals surface area contributed by atoms with E-state index in [1.165, 1.54) is 25.4 Å². The van der Waals surface area contributed by atoms with Crippen LogP contribution in [0.2, 0.25) is 0 Å². The second kappa shape index (κ2) is 7.94. The zero-order chi connectivity index (χ0) is 21.1. The second-order valence-electron chi connectivity index (χ2n) is 7.10. The Bertz CT molecular complexity index is 1080. The summed E-state index contributed by atoms with van der Waals surface area (Å²) >= 11 is 0. The first-order chi connectivity index (χ1) is 14.5. The lowest BCUT2D eigenvalue weighted by atomic mass is 9.81. The molecule has 1 aromatic carbocycles. The molecule has 3 heterocycles. The van der Waals surface area contributed by atoms with Crippen LogP contribution in [0.15, 0.2) is 60.9 Å². The average molecular weight is 403 g/mol. The zero-order valence-electron chi connectivity index (χ0n) is 16.7. The van der Waals surface area contributed by atoms with Crippen molar-refractivity contribution in [2.45, 2.75) is 18.9 Å². The third-order valence-electron chi connectivity index (χ3n) is 5.20. The van der Waals surface area contributed by atoms with Crippen molar-refractivity contribution in [2.75, 3.05) is 13.7 Å². The predicted molar refractivity (Wildman–Crippen MR) is 109 cm³/mol. The van der Waals surface area contributed by atoms with Gasteiger partial charge >= 0.3 is 5.97 Å². The number of fused-ring (bicyclic) bond motifs is 1. The first-order valence-electron chi connectivity index (χ1n) is 9.56. The standard InChI is InChI=1S/C23H21N3O4/c1-15-5-8-17(9-6-15)23(11-13-30-19-4-3-12-24-20(19)23)26-21(27)18-10-7-16(14-25-18)22(28)29-2/h3-10,12,14H,11,13H2,1-2H3,(H,26,27)/t23-/m0/s1. The number of aromatic nitrogens is 2. The van der Waals surface area contributed by atoms with Crippen molar-refractivity contribution >= 4 is 11.9 Å². The molecule has 2 aromatic heterocycles. The average Bonchev–Trinajstić information content (AvgIpc) is 2.79. The fourth-order valence-corrected chi connectivity index (χ4v) is 3.60. The van der Waals surface area contributed by atoms with E-state index in [1.54, 1.807) is 12.3 Å². The minimum atomic E-state index is -0.859. The number of carbonyl (C=O) groups excluding carboxylic acids is 2. The summed E-state index contributed by atoms with van der Waals surface area (Å²) in [5.41, 5.74) is 2.30. The van der Waals surface area contributed by atoms with Crippen LogP contribution in [0, 0.1) is 6.92 Å².